The fourth-order valence-corrected chi connectivity index (χ4v) is 4.55. The van der Waals surface area contributed by atoms with Gasteiger partial charge in [-0.3, -0.25) is 9.80 Å². The van der Waals surface area contributed by atoms with Crippen molar-refractivity contribution in [3.05, 3.63) is 70.8 Å². The molecule has 150 valence electrons. The van der Waals surface area contributed by atoms with Gasteiger partial charge in [0, 0.05) is 26.2 Å². The second-order valence-electron chi connectivity index (χ2n) is 8.62. The number of piperidine rings is 1. The molecule has 0 aliphatic carbocycles. The molecule has 0 saturated carbocycles. The van der Waals surface area contributed by atoms with Crippen LogP contribution in [0, 0.1) is 12.8 Å². The van der Waals surface area contributed by atoms with Crippen LogP contribution >= 0.6 is 0 Å². The molecule has 2 aliphatic heterocycles. The topological polar surface area (TPSA) is 15.7 Å². The number of ether oxygens (including phenoxy) is 1. The Labute approximate surface area is 170 Å². The molecule has 2 saturated heterocycles. The van der Waals surface area contributed by atoms with Crippen molar-refractivity contribution in [2.75, 3.05) is 39.4 Å². The van der Waals surface area contributed by atoms with E-state index in [9.17, 15) is 0 Å². The maximum Gasteiger partial charge on any atom is 0.0594 e. The molecule has 0 bridgehead atoms. The highest BCUT2D eigenvalue weighted by Gasteiger charge is 2.19. The van der Waals surface area contributed by atoms with E-state index < -0.39 is 0 Å². The van der Waals surface area contributed by atoms with Crippen LogP contribution in [0.5, 0.6) is 0 Å². The van der Waals surface area contributed by atoms with E-state index in [1.807, 2.05) is 0 Å². The lowest BCUT2D eigenvalue weighted by molar-refractivity contribution is 0.0342. The Bertz CT molecular complexity index is 728. The van der Waals surface area contributed by atoms with Crippen molar-refractivity contribution in [1.82, 2.24) is 9.80 Å². The number of rotatable bonds is 6. The quantitative estimate of drug-likeness (QED) is 0.746. The summed E-state index contributed by atoms with van der Waals surface area (Å²) in [5.41, 5.74) is 5.75. The van der Waals surface area contributed by atoms with Crippen molar-refractivity contribution in [3.8, 4) is 0 Å². The molecule has 2 fully saturated rings. The van der Waals surface area contributed by atoms with E-state index in [-0.39, 0.29) is 0 Å². The van der Waals surface area contributed by atoms with Crippen LogP contribution in [0.25, 0.3) is 0 Å². The molecule has 4 rings (SSSR count). The number of aryl methyl sites for hydroxylation is 1. The van der Waals surface area contributed by atoms with Crippen LogP contribution in [-0.2, 0) is 24.2 Å². The van der Waals surface area contributed by atoms with E-state index >= 15 is 0 Å². The molecule has 0 amide bonds. The maximum atomic E-state index is 5.44. The largest absolute Gasteiger partial charge is 0.379 e. The van der Waals surface area contributed by atoms with Gasteiger partial charge in [-0.15, -0.1) is 0 Å². The molecule has 2 heterocycles. The van der Waals surface area contributed by atoms with E-state index in [4.69, 9.17) is 4.74 Å². The summed E-state index contributed by atoms with van der Waals surface area (Å²) < 4.78 is 5.44. The average molecular weight is 379 g/mol. The van der Waals surface area contributed by atoms with Crippen LogP contribution in [0.3, 0.4) is 0 Å². The van der Waals surface area contributed by atoms with Crippen molar-refractivity contribution in [3.63, 3.8) is 0 Å². The van der Waals surface area contributed by atoms with Gasteiger partial charge in [-0.2, -0.15) is 0 Å². The first-order valence-corrected chi connectivity index (χ1v) is 10.9. The summed E-state index contributed by atoms with van der Waals surface area (Å²) in [4.78, 5) is 5.11. The third kappa shape index (κ3) is 5.66. The Balaban J connectivity index is 1.22. The molecule has 3 heteroatoms. The maximum absolute atomic E-state index is 5.44. The summed E-state index contributed by atoms with van der Waals surface area (Å²) >= 11 is 0. The van der Waals surface area contributed by atoms with Crippen LogP contribution < -0.4 is 0 Å². The molecule has 2 aromatic rings. The molecule has 2 aromatic carbocycles. The van der Waals surface area contributed by atoms with Gasteiger partial charge < -0.3 is 4.74 Å². The Morgan fingerprint density at radius 3 is 2.14 bits per heavy atom. The van der Waals surface area contributed by atoms with Crippen molar-refractivity contribution in [2.45, 2.75) is 39.3 Å². The van der Waals surface area contributed by atoms with E-state index in [1.165, 1.54) is 54.6 Å². The SMILES string of the molecule is Cc1cccc(CN2CCC(Cc3ccc(CN4CCOCC4)cc3)CC2)c1. The standard InChI is InChI=1S/C25H34N2O/c1-21-3-2-4-25(17-21)20-26-11-9-23(10-12-26)18-22-5-7-24(8-6-22)19-27-13-15-28-16-14-27/h2-8,17,23H,9-16,18-20H2,1H3. The van der Waals surface area contributed by atoms with Gasteiger partial charge in [0.1, 0.15) is 0 Å². The molecule has 28 heavy (non-hydrogen) atoms. The lowest BCUT2D eigenvalue weighted by Crippen LogP contribution is -2.35. The monoisotopic (exact) mass is 378 g/mol. The Kier molecular flexibility index (Phi) is 6.79. The first kappa shape index (κ1) is 19.6. The van der Waals surface area contributed by atoms with Gasteiger partial charge in [0.05, 0.1) is 13.2 Å². The summed E-state index contributed by atoms with van der Waals surface area (Å²) in [5, 5.41) is 0. The average Bonchev–Trinajstić information content (AvgIpc) is 2.72. The molecule has 0 atom stereocenters. The van der Waals surface area contributed by atoms with E-state index in [0.29, 0.717) is 0 Å². The molecule has 0 aromatic heterocycles. The second-order valence-corrected chi connectivity index (χ2v) is 8.62. The van der Waals surface area contributed by atoms with Gasteiger partial charge in [-0.1, -0.05) is 54.1 Å². The number of hydrogen-bond donors (Lipinski definition) is 0. The first-order chi connectivity index (χ1) is 13.7. The zero-order chi connectivity index (χ0) is 19.2. The summed E-state index contributed by atoms with van der Waals surface area (Å²) in [5.74, 6) is 0.832. The second kappa shape index (κ2) is 9.69. The van der Waals surface area contributed by atoms with Gasteiger partial charge in [0.2, 0.25) is 0 Å². The number of likely N-dealkylation sites (tertiary alicyclic amines) is 1. The predicted octanol–water partition coefficient (Wildman–Crippen LogP) is 4.28. The molecule has 3 nitrogen and oxygen atoms in total. The molecular formula is C25H34N2O. The van der Waals surface area contributed by atoms with Gasteiger partial charge in [-0.25, -0.2) is 0 Å². The van der Waals surface area contributed by atoms with Gasteiger partial charge in [-0.05, 0) is 61.9 Å². The number of morpholine rings is 1. The van der Waals surface area contributed by atoms with E-state index in [0.717, 1.165) is 45.3 Å². The summed E-state index contributed by atoms with van der Waals surface area (Å²) in [6.07, 6.45) is 3.87. The number of benzene rings is 2. The van der Waals surface area contributed by atoms with Crippen molar-refractivity contribution >= 4 is 0 Å². The fourth-order valence-electron chi connectivity index (χ4n) is 4.55. The zero-order valence-electron chi connectivity index (χ0n) is 17.3. The molecule has 0 unspecified atom stereocenters. The lowest BCUT2D eigenvalue weighted by atomic mass is 9.89. The van der Waals surface area contributed by atoms with Gasteiger partial charge >= 0.3 is 0 Å². The third-order valence-corrected chi connectivity index (χ3v) is 6.25. The Morgan fingerprint density at radius 2 is 1.43 bits per heavy atom. The van der Waals surface area contributed by atoms with E-state index in [2.05, 4.69) is 65.3 Å². The molecular weight excluding hydrogens is 344 g/mol. The molecule has 0 radical (unpaired) electrons. The fraction of sp³-hybridized carbons (Fsp3) is 0.520. The summed E-state index contributed by atoms with van der Waals surface area (Å²) in [7, 11) is 0. The van der Waals surface area contributed by atoms with Crippen LogP contribution in [0.4, 0.5) is 0 Å². The highest BCUT2D eigenvalue weighted by Crippen LogP contribution is 2.23. The Hall–Kier alpha value is -1.68. The molecule has 0 spiro atoms. The number of hydrogen-bond acceptors (Lipinski definition) is 3. The third-order valence-electron chi connectivity index (χ3n) is 6.25. The van der Waals surface area contributed by atoms with Gasteiger partial charge in [0.25, 0.3) is 0 Å². The highest BCUT2D eigenvalue weighted by molar-refractivity contribution is 5.24. The zero-order valence-corrected chi connectivity index (χ0v) is 17.3. The van der Waals surface area contributed by atoms with Gasteiger partial charge in [0.15, 0.2) is 0 Å². The van der Waals surface area contributed by atoms with Crippen LogP contribution in [-0.4, -0.2) is 49.2 Å². The van der Waals surface area contributed by atoms with Crippen LogP contribution in [0.2, 0.25) is 0 Å². The smallest absolute Gasteiger partial charge is 0.0594 e. The number of nitrogens with zero attached hydrogens (tertiary/aromatic N) is 2. The normalized spacial score (nSPS) is 19.8. The predicted molar refractivity (Wildman–Crippen MR) is 115 cm³/mol. The van der Waals surface area contributed by atoms with Crippen LogP contribution in [0.15, 0.2) is 48.5 Å². The minimum atomic E-state index is 0.832. The minimum Gasteiger partial charge on any atom is -0.379 e. The lowest BCUT2D eigenvalue weighted by Gasteiger charge is -2.32. The first-order valence-electron chi connectivity index (χ1n) is 10.9. The van der Waals surface area contributed by atoms with Crippen molar-refractivity contribution in [2.24, 2.45) is 5.92 Å². The van der Waals surface area contributed by atoms with Crippen molar-refractivity contribution < 1.29 is 4.74 Å². The van der Waals surface area contributed by atoms with Crippen LogP contribution in [0.1, 0.15) is 35.1 Å². The molecule has 0 N–H and O–H groups in total. The van der Waals surface area contributed by atoms with E-state index in [1.54, 1.807) is 0 Å². The molecule has 2 aliphatic rings. The minimum absolute atomic E-state index is 0.832. The summed E-state index contributed by atoms with van der Waals surface area (Å²) in [6.45, 7) is 10.7. The Morgan fingerprint density at radius 1 is 0.786 bits per heavy atom. The van der Waals surface area contributed by atoms with Crippen molar-refractivity contribution in [1.29, 1.82) is 0 Å². The summed E-state index contributed by atoms with van der Waals surface area (Å²) in [6, 6.07) is 18.3. The highest BCUT2D eigenvalue weighted by atomic mass is 16.5.